The number of fused-ring (bicyclic) bond motifs is 2. The number of carbonyl (C=O) groups is 2. The molecule has 0 spiro atoms. The summed E-state index contributed by atoms with van der Waals surface area (Å²) in [5.74, 6) is 0.390. The standard InChI is InChI=1S/C24H26BrFN4O3S.C19H17BrFN3O2S.C5H11NO.C2H6/c1-2-33-24(31)20-19-11-15(13-29-6-8-32-9-7-29)14-30(19)22(23-27-5-10-34-23)28-21(20)17-4-3-16(26)12-18(17)25;1-2-26-19(25)15-14-4-3-8-24(14)17(18-22-7-9-27-18)23-16(15)12-6-5-11(21)10-13(12)20;1-6-2-4-7-5-3-6;1-2/h3-5,10,12,15,21H,2,6-9,11,13-14H2,1H3;5-7,9-10,16H,2-4,8H2,1H3;2-5H2,1H3;1-2H3/t15?,21-;16-;;/m00../s1. The largest absolute Gasteiger partial charge is 0.463 e. The Bertz CT molecular complexity index is 2530. The molecule has 0 amide bonds. The van der Waals surface area contributed by atoms with E-state index in [1.807, 2.05) is 24.6 Å². The average molecular weight is 1130 g/mol. The quantitative estimate of drug-likeness (QED) is 0.140. The number of likely N-dealkylation sites (N-methyl/N-ethyl adjacent to an activating group) is 1. The van der Waals surface area contributed by atoms with E-state index in [2.05, 4.69) is 68.5 Å². The van der Waals surface area contributed by atoms with Crippen molar-refractivity contribution in [3.8, 4) is 0 Å². The number of benzene rings is 2. The van der Waals surface area contributed by atoms with Gasteiger partial charge in [0.25, 0.3) is 0 Å². The minimum Gasteiger partial charge on any atom is -0.463 e. The van der Waals surface area contributed by atoms with Crippen molar-refractivity contribution in [1.29, 1.82) is 0 Å². The zero-order valence-electron chi connectivity index (χ0n) is 40.2. The van der Waals surface area contributed by atoms with E-state index >= 15 is 0 Å². The maximum absolute atomic E-state index is 13.9. The van der Waals surface area contributed by atoms with Gasteiger partial charge in [0, 0.05) is 89.3 Å². The van der Waals surface area contributed by atoms with Crippen LogP contribution in [-0.2, 0) is 28.5 Å². The van der Waals surface area contributed by atoms with Crippen LogP contribution >= 0.6 is 54.5 Å². The number of carbonyl (C=O) groups excluding carboxylic acids is 2. The van der Waals surface area contributed by atoms with Crippen LogP contribution in [0.5, 0.6) is 0 Å². The number of esters is 2. The van der Waals surface area contributed by atoms with Crippen molar-refractivity contribution >= 4 is 78.1 Å². The lowest BCUT2D eigenvalue weighted by molar-refractivity contribution is -0.140. The Hall–Kier alpha value is -4.28. The number of aromatic nitrogens is 2. The minimum absolute atomic E-state index is 0.271. The third kappa shape index (κ3) is 12.8. The summed E-state index contributed by atoms with van der Waals surface area (Å²) in [4.78, 5) is 53.9. The number of hydrogen-bond donors (Lipinski definition) is 0. The van der Waals surface area contributed by atoms with Gasteiger partial charge in [-0.25, -0.2) is 28.3 Å². The van der Waals surface area contributed by atoms with Crippen LogP contribution < -0.4 is 0 Å². The van der Waals surface area contributed by atoms with Crippen molar-refractivity contribution in [2.75, 3.05) is 92.5 Å². The second-order valence-corrected chi connectivity index (χ2v) is 20.1. The van der Waals surface area contributed by atoms with E-state index in [-0.39, 0.29) is 36.8 Å². The van der Waals surface area contributed by atoms with Crippen LogP contribution in [0.15, 0.2) is 101 Å². The molecule has 0 aliphatic carbocycles. The monoisotopic (exact) mass is 1130 g/mol. The first-order chi connectivity index (χ1) is 34.0. The highest BCUT2D eigenvalue weighted by molar-refractivity contribution is 9.10. The highest BCUT2D eigenvalue weighted by Gasteiger charge is 2.43. The molecule has 4 saturated heterocycles. The number of ether oxygens (including phenoxy) is 4. The van der Waals surface area contributed by atoms with E-state index in [1.165, 1.54) is 46.9 Å². The molecule has 4 aromatic rings. The Kier molecular flexibility index (Phi) is 19.8. The average Bonchev–Trinajstić information content (AvgIpc) is 4.22. The first-order valence-corrected chi connectivity index (χ1v) is 27.2. The number of aliphatic imine (C=N–C) groups is 2. The van der Waals surface area contributed by atoms with E-state index in [0.717, 1.165) is 136 Å². The molecule has 8 heterocycles. The molecule has 0 radical (unpaired) electrons. The second-order valence-electron chi connectivity index (χ2n) is 16.6. The fourth-order valence-corrected chi connectivity index (χ4v) is 11.4. The maximum Gasteiger partial charge on any atom is 0.338 e. The van der Waals surface area contributed by atoms with Crippen molar-refractivity contribution in [3.63, 3.8) is 0 Å². The Balaban J connectivity index is 0.000000179. The summed E-state index contributed by atoms with van der Waals surface area (Å²) in [5, 5.41) is 5.43. The van der Waals surface area contributed by atoms with Crippen LogP contribution in [0.4, 0.5) is 8.78 Å². The third-order valence-corrected chi connectivity index (χ3v) is 15.1. The Morgan fingerprint density at radius 2 is 1.23 bits per heavy atom. The van der Waals surface area contributed by atoms with Gasteiger partial charge < -0.3 is 33.6 Å². The zero-order valence-corrected chi connectivity index (χ0v) is 45.0. The molecule has 70 heavy (non-hydrogen) atoms. The molecule has 2 aromatic heterocycles. The van der Waals surface area contributed by atoms with Crippen molar-refractivity contribution in [2.24, 2.45) is 15.9 Å². The van der Waals surface area contributed by atoms with E-state index < -0.39 is 12.1 Å². The number of nitrogens with zero attached hydrogens (tertiary/aromatic N) is 8. The van der Waals surface area contributed by atoms with E-state index in [9.17, 15) is 18.4 Å². The number of hydrogen-bond acceptors (Lipinski definition) is 16. The summed E-state index contributed by atoms with van der Waals surface area (Å²) in [5.41, 5.74) is 4.36. The first kappa shape index (κ1) is 53.5. The van der Waals surface area contributed by atoms with Gasteiger partial charge in [0.2, 0.25) is 0 Å². The summed E-state index contributed by atoms with van der Waals surface area (Å²) in [6.07, 6.45) is 5.95. The highest BCUT2D eigenvalue weighted by atomic mass is 79.9. The van der Waals surface area contributed by atoms with Gasteiger partial charge in [-0.1, -0.05) is 57.8 Å². The van der Waals surface area contributed by atoms with E-state index in [0.29, 0.717) is 26.0 Å². The Labute approximate surface area is 433 Å². The lowest BCUT2D eigenvalue weighted by Crippen LogP contribution is -2.40. The lowest BCUT2D eigenvalue weighted by Gasteiger charge is -2.32. The van der Waals surface area contributed by atoms with Crippen molar-refractivity contribution in [3.05, 3.63) is 124 Å². The normalized spacial score (nSPS) is 21.2. The number of amidine groups is 2. The molecule has 10 rings (SSSR count). The van der Waals surface area contributed by atoms with Gasteiger partial charge in [-0.2, -0.15) is 0 Å². The van der Waals surface area contributed by atoms with Crippen LogP contribution in [-0.4, -0.2) is 146 Å². The Morgan fingerprint density at radius 3 is 1.69 bits per heavy atom. The van der Waals surface area contributed by atoms with Crippen LogP contribution in [0.25, 0.3) is 0 Å². The fourth-order valence-electron chi connectivity index (χ4n) is 9.01. The molecular weight excluding hydrogens is 1070 g/mol. The molecule has 2 aromatic carbocycles. The second kappa shape index (κ2) is 25.9. The van der Waals surface area contributed by atoms with Gasteiger partial charge in [0.15, 0.2) is 21.7 Å². The molecule has 0 N–H and O–H groups in total. The van der Waals surface area contributed by atoms with E-state index in [1.54, 1.807) is 38.4 Å². The topological polar surface area (TPSA) is 135 Å². The van der Waals surface area contributed by atoms with Gasteiger partial charge in [-0.3, -0.25) is 14.9 Å². The fraction of sp³-hybridized carbons (Fsp3) is 0.480. The molecule has 20 heteroatoms. The molecule has 6 aliphatic heterocycles. The summed E-state index contributed by atoms with van der Waals surface area (Å²) in [7, 11) is 2.11. The predicted molar refractivity (Wildman–Crippen MR) is 276 cm³/mol. The van der Waals surface area contributed by atoms with Crippen LogP contribution in [0, 0.1) is 17.6 Å². The molecule has 1 unspecified atom stereocenters. The predicted octanol–water partition coefficient (Wildman–Crippen LogP) is 9.45. The Morgan fingerprint density at radius 1 is 0.729 bits per heavy atom. The molecule has 14 nitrogen and oxygen atoms in total. The minimum atomic E-state index is -0.610. The third-order valence-electron chi connectivity index (χ3n) is 12.2. The van der Waals surface area contributed by atoms with Gasteiger partial charge >= 0.3 is 11.9 Å². The van der Waals surface area contributed by atoms with E-state index in [4.69, 9.17) is 28.9 Å². The first-order valence-electron chi connectivity index (χ1n) is 23.8. The molecule has 4 fully saturated rings. The summed E-state index contributed by atoms with van der Waals surface area (Å²) in [6, 6.07) is 7.75. The number of rotatable bonds is 10. The zero-order chi connectivity index (χ0) is 49.7. The molecule has 0 bridgehead atoms. The summed E-state index contributed by atoms with van der Waals surface area (Å²) < 4.78 is 50.1. The summed E-state index contributed by atoms with van der Waals surface area (Å²) in [6.45, 7) is 18.0. The number of thiazole rings is 2. The number of allylic oxidation sites excluding steroid dienone is 2. The van der Waals surface area contributed by atoms with Crippen LogP contribution in [0.1, 0.15) is 80.2 Å². The van der Waals surface area contributed by atoms with Gasteiger partial charge in [-0.05, 0) is 81.5 Å². The molecule has 0 saturated carbocycles. The maximum atomic E-state index is 13.9. The van der Waals surface area contributed by atoms with Crippen LogP contribution in [0.2, 0.25) is 0 Å². The SMILES string of the molecule is CC.CCOC(=O)C1=C2CC(CN3CCOCC3)CN2C(c2nccs2)=N[C@H]1c1ccc(F)cc1Br.CCOC(=O)C1=C2CCCN2C(c2nccs2)=N[C@H]1c1ccc(F)cc1Br.CN1CCOCC1. The van der Waals surface area contributed by atoms with Gasteiger partial charge in [0.05, 0.1) is 50.8 Å². The van der Waals surface area contributed by atoms with Crippen molar-refractivity contribution in [1.82, 2.24) is 29.6 Å². The molecular formula is C50H60Br2F2N8O6S2. The highest BCUT2D eigenvalue weighted by Crippen LogP contribution is 2.45. The number of halogens is 4. The molecule has 376 valence electrons. The lowest BCUT2D eigenvalue weighted by atomic mass is 9.93. The van der Waals surface area contributed by atoms with Crippen molar-refractivity contribution in [2.45, 2.75) is 59.0 Å². The van der Waals surface area contributed by atoms with Crippen LogP contribution in [0.3, 0.4) is 0 Å². The molecule has 3 atom stereocenters. The van der Waals surface area contributed by atoms with Gasteiger partial charge in [0.1, 0.15) is 23.7 Å². The van der Waals surface area contributed by atoms with Gasteiger partial charge in [-0.15, -0.1) is 22.7 Å². The summed E-state index contributed by atoms with van der Waals surface area (Å²) >= 11 is 9.94. The molecule has 6 aliphatic rings. The smallest absolute Gasteiger partial charge is 0.338 e. The number of morpholine rings is 2. The van der Waals surface area contributed by atoms with Crippen molar-refractivity contribution < 1.29 is 37.3 Å².